The van der Waals surface area contributed by atoms with Crippen LogP contribution in [-0.2, 0) is 6.42 Å². The van der Waals surface area contributed by atoms with Crippen LogP contribution in [0, 0.1) is 13.8 Å². The fraction of sp³-hybridized carbons (Fsp3) is 0.286. The van der Waals surface area contributed by atoms with Crippen molar-refractivity contribution < 1.29 is 9.90 Å². The number of rotatable bonds is 3. The molecule has 0 spiro atoms. The fourth-order valence-electron chi connectivity index (χ4n) is 1.96. The van der Waals surface area contributed by atoms with E-state index in [4.69, 9.17) is 5.11 Å². The van der Waals surface area contributed by atoms with E-state index in [1.54, 1.807) is 10.9 Å². The molecular formula is C14H16N2O2. The Labute approximate surface area is 106 Å². The predicted molar refractivity (Wildman–Crippen MR) is 69.4 cm³/mol. The van der Waals surface area contributed by atoms with Crippen LogP contribution < -0.4 is 0 Å². The Balaban J connectivity index is 2.58. The van der Waals surface area contributed by atoms with Crippen molar-refractivity contribution in [3.63, 3.8) is 0 Å². The minimum Gasteiger partial charge on any atom is -0.478 e. The molecule has 0 bridgehead atoms. The smallest absolute Gasteiger partial charge is 0.339 e. The molecule has 2 rings (SSSR count). The first kappa shape index (κ1) is 12.4. The maximum Gasteiger partial charge on any atom is 0.339 e. The Morgan fingerprint density at radius 3 is 2.67 bits per heavy atom. The SMILES string of the molecule is CCc1nn(-c2cccc(C)c2C)cc1C(=O)O. The average Bonchev–Trinajstić information content (AvgIpc) is 2.76. The number of hydrogen-bond donors (Lipinski definition) is 1. The van der Waals surface area contributed by atoms with Crippen molar-refractivity contribution in [1.82, 2.24) is 9.78 Å². The van der Waals surface area contributed by atoms with Crippen LogP contribution in [-0.4, -0.2) is 20.9 Å². The van der Waals surface area contributed by atoms with E-state index in [9.17, 15) is 4.79 Å². The second-order valence-corrected chi connectivity index (χ2v) is 4.31. The van der Waals surface area contributed by atoms with Gasteiger partial charge in [0.2, 0.25) is 0 Å². The van der Waals surface area contributed by atoms with Crippen LogP contribution in [0.1, 0.15) is 34.1 Å². The van der Waals surface area contributed by atoms with Crippen molar-refractivity contribution in [2.24, 2.45) is 0 Å². The van der Waals surface area contributed by atoms with Crippen molar-refractivity contribution in [2.75, 3.05) is 0 Å². The Hall–Kier alpha value is -2.10. The number of carbonyl (C=O) groups is 1. The van der Waals surface area contributed by atoms with Gasteiger partial charge in [-0.25, -0.2) is 9.48 Å². The lowest BCUT2D eigenvalue weighted by molar-refractivity contribution is 0.0695. The molecule has 4 heteroatoms. The second kappa shape index (κ2) is 4.64. The van der Waals surface area contributed by atoms with Gasteiger partial charge in [-0.3, -0.25) is 0 Å². The molecule has 0 atom stereocenters. The number of carboxylic acids is 1. The van der Waals surface area contributed by atoms with Crippen LogP contribution in [0.2, 0.25) is 0 Å². The molecule has 0 unspecified atom stereocenters. The molecule has 0 amide bonds. The summed E-state index contributed by atoms with van der Waals surface area (Å²) in [7, 11) is 0. The van der Waals surface area contributed by atoms with Gasteiger partial charge < -0.3 is 5.11 Å². The highest BCUT2D eigenvalue weighted by Gasteiger charge is 2.15. The molecule has 94 valence electrons. The Kier molecular flexibility index (Phi) is 3.19. The summed E-state index contributed by atoms with van der Waals surface area (Å²) in [6.07, 6.45) is 2.20. The number of aromatic carboxylic acids is 1. The first-order valence-corrected chi connectivity index (χ1v) is 5.93. The van der Waals surface area contributed by atoms with Gasteiger partial charge in [-0.2, -0.15) is 5.10 Å². The van der Waals surface area contributed by atoms with Crippen molar-refractivity contribution in [2.45, 2.75) is 27.2 Å². The van der Waals surface area contributed by atoms with E-state index in [1.807, 2.05) is 39.0 Å². The summed E-state index contributed by atoms with van der Waals surface area (Å²) in [5.74, 6) is -0.927. The third-order valence-corrected chi connectivity index (χ3v) is 3.18. The number of aromatic nitrogens is 2. The number of carboxylic acid groups (broad SMARTS) is 1. The van der Waals surface area contributed by atoms with Crippen molar-refractivity contribution in [1.29, 1.82) is 0 Å². The number of benzene rings is 1. The quantitative estimate of drug-likeness (QED) is 0.903. The van der Waals surface area contributed by atoms with Crippen molar-refractivity contribution in [3.05, 3.63) is 46.8 Å². The first-order chi connectivity index (χ1) is 8.54. The third-order valence-electron chi connectivity index (χ3n) is 3.18. The molecule has 1 aromatic heterocycles. The monoisotopic (exact) mass is 244 g/mol. The number of aryl methyl sites for hydroxylation is 2. The normalized spacial score (nSPS) is 10.6. The van der Waals surface area contributed by atoms with E-state index in [1.165, 1.54) is 0 Å². The molecule has 0 aliphatic rings. The summed E-state index contributed by atoms with van der Waals surface area (Å²) in [4.78, 5) is 11.1. The van der Waals surface area contributed by atoms with Gasteiger partial charge in [-0.15, -0.1) is 0 Å². The average molecular weight is 244 g/mol. The van der Waals surface area contributed by atoms with E-state index in [-0.39, 0.29) is 5.56 Å². The van der Waals surface area contributed by atoms with E-state index in [2.05, 4.69) is 5.10 Å². The predicted octanol–water partition coefficient (Wildman–Crippen LogP) is 2.75. The zero-order valence-corrected chi connectivity index (χ0v) is 10.8. The molecule has 0 saturated heterocycles. The minimum atomic E-state index is -0.927. The van der Waals surface area contributed by atoms with Gasteiger partial charge in [0.15, 0.2) is 0 Å². The van der Waals surface area contributed by atoms with Gasteiger partial charge in [0.25, 0.3) is 0 Å². The minimum absolute atomic E-state index is 0.276. The molecule has 0 fully saturated rings. The Morgan fingerprint density at radius 2 is 2.11 bits per heavy atom. The van der Waals surface area contributed by atoms with Crippen molar-refractivity contribution in [3.8, 4) is 5.69 Å². The molecule has 18 heavy (non-hydrogen) atoms. The maximum absolute atomic E-state index is 11.1. The highest BCUT2D eigenvalue weighted by molar-refractivity contribution is 5.88. The van der Waals surface area contributed by atoms with Crippen LogP contribution in [0.4, 0.5) is 0 Å². The van der Waals surface area contributed by atoms with E-state index in [0.717, 1.165) is 16.8 Å². The molecule has 1 aromatic carbocycles. The molecule has 0 aliphatic carbocycles. The van der Waals surface area contributed by atoms with Gasteiger partial charge >= 0.3 is 5.97 Å². The highest BCUT2D eigenvalue weighted by Crippen LogP contribution is 2.19. The van der Waals surface area contributed by atoms with Crippen LogP contribution in [0.5, 0.6) is 0 Å². The van der Waals surface area contributed by atoms with Gasteiger partial charge in [-0.05, 0) is 37.5 Å². The van der Waals surface area contributed by atoms with Crippen LogP contribution in [0.25, 0.3) is 5.69 Å². The standard InChI is InChI=1S/C14H16N2O2/c1-4-12-11(14(17)18)8-16(15-12)13-7-5-6-9(2)10(13)3/h5-8H,4H2,1-3H3,(H,17,18). The molecule has 1 N–H and O–H groups in total. The van der Waals surface area contributed by atoms with Gasteiger partial charge in [0.1, 0.15) is 5.56 Å². The lowest BCUT2D eigenvalue weighted by Gasteiger charge is -2.07. The zero-order chi connectivity index (χ0) is 13.3. The molecule has 0 aliphatic heterocycles. The summed E-state index contributed by atoms with van der Waals surface area (Å²) in [5, 5.41) is 13.5. The van der Waals surface area contributed by atoms with E-state index >= 15 is 0 Å². The number of hydrogen-bond acceptors (Lipinski definition) is 2. The van der Waals surface area contributed by atoms with Crippen molar-refractivity contribution >= 4 is 5.97 Å². The lowest BCUT2D eigenvalue weighted by atomic mass is 10.1. The number of nitrogens with zero attached hydrogens (tertiary/aromatic N) is 2. The van der Waals surface area contributed by atoms with Crippen LogP contribution in [0.3, 0.4) is 0 Å². The largest absolute Gasteiger partial charge is 0.478 e. The third kappa shape index (κ3) is 2.01. The van der Waals surface area contributed by atoms with Crippen LogP contribution in [0.15, 0.2) is 24.4 Å². The van der Waals surface area contributed by atoms with Crippen LogP contribution >= 0.6 is 0 Å². The Morgan fingerprint density at radius 1 is 1.39 bits per heavy atom. The Bertz CT molecular complexity index is 600. The summed E-state index contributed by atoms with van der Waals surface area (Å²) in [6.45, 7) is 5.95. The van der Waals surface area contributed by atoms with Gasteiger partial charge in [0.05, 0.1) is 11.4 Å². The molecule has 4 nitrogen and oxygen atoms in total. The molecular weight excluding hydrogens is 228 g/mol. The lowest BCUT2D eigenvalue weighted by Crippen LogP contribution is -1.99. The zero-order valence-electron chi connectivity index (χ0n) is 10.8. The molecule has 0 saturated carbocycles. The highest BCUT2D eigenvalue weighted by atomic mass is 16.4. The van der Waals surface area contributed by atoms with Gasteiger partial charge in [-0.1, -0.05) is 19.1 Å². The molecule has 2 aromatic rings. The first-order valence-electron chi connectivity index (χ1n) is 5.93. The summed E-state index contributed by atoms with van der Waals surface area (Å²) >= 11 is 0. The van der Waals surface area contributed by atoms with E-state index in [0.29, 0.717) is 12.1 Å². The topological polar surface area (TPSA) is 55.1 Å². The summed E-state index contributed by atoms with van der Waals surface area (Å²) < 4.78 is 1.66. The summed E-state index contributed by atoms with van der Waals surface area (Å²) in [5.41, 5.74) is 4.09. The second-order valence-electron chi connectivity index (χ2n) is 4.31. The molecule has 0 radical (unpaired) electrons. The fourth-order valence-corrected chi connectivity index (χ4v) is 1.96. The van der Waals surface area contributed by atoms with E-state index < -0.39 is 5.97 Å². The summed E-state index contributed by atoms with van der Waals surface area (Å²) in [6, 6.07) is 5.92. The maximum atomic E-state index is 11.1. The van der Waals surface area contributed by atoms with Gasteiger partial charge in [0, 0.05) is 6.20 Å². The molecule has 1 heterocycles.